The van der Waals surface area contributed by atoms with Crippen molar-refractivity contribution in [3.8, 4) is 0 Å². The van der Waals surface area contributed by atoms with E-state index in [1.165, 1.54) is 0 Å². The lowest BCUT2D eigenvalue weighted by Gasteiger charge is -2.14. The summed E-state index contributed by atoms with van der Waals surface area (Å²) in [6.45, 7) is 7.31. The zero-order valence-electron chi connectivity index (χ0n) is 9.49. The molecular weight excluding hydrogens is 198 g/mol. The van der Waals surface area contributed by atoms with Crippen molar-refractivity contribution in [1.82, 2.24) is 0 Å². The molecule has 0 aliphatic heterocycles. The normalized spacial score (nSPS) is 15.8. The van der Waals surface area contributed by atoms with E-state index in [1.54, 1.807) is 0 Å². The largest absolute Gasteiger partial charge is 0.376 e. The van der Waals surface area contributed by atoms with Crippen LogP contribution in [0.2, 0.25) is 0 Å². The van der Waals surface area contributed by atoms with Gasteiger partial charge in [-0.3, -0.25) is 4.21 Å². The second-order valence-corrected chi connectivity index (χ2v) is 5.43. The molecule has 0 saturated heterocycles. The first-order chi connectivity index (χ1) is 6.60. The molecule has 0 amide bonds. The summed E-state index contributed by atoms with van der Waals surface area (Å²) < 4.78 is 16.9. The Morgan fingerprint density at radius 2 is 2.07 bits per heavy atom. The first-order valence-corrected chi connectivity index (χ1v) is 6.75. The summed E-state index contributed by atoms with van der Waals surface area (Å²) in [6.07, 6.45) is 0.976. The summed E-state index contributed by atoms with van der Waals surface area (Å²) in [4.78, 5) is 0. The maximum atomic E-state index is 11.6. The van der Waals surface area contributed by atoms with Crippen LogP contribution in [0.4, 0.5) is 0 Å². The predicted octanol–water partition coefficient (Wildman–Crippen LogP) is 1.14. The summed E-state index contributed by atoms with van der Waals surface area (Å²) in [5.74, 6) is 1.96. The Morgan fingerprint density at radius 3 is 2.50 bits per heavy atom. The topological polar surface area (TPSA) is 52.3 Å². The summed E-state index contributed by atoms with van der Waals surface area (Å²) in [5, 5.41) is 0. The monoisotopic (exact) mass is 221 g/mol. The van der Waals surface area contributed by atoms with Crippen molar-refractivity contribution < 1.29 is 8.95 Å². The van der Waals surface area contributed by atoms with Crippen molar-refractivity contribution in [2.24, 2.45) is 11.7 Å². The lowest BCUT2D eigenvalue weighted by atomic mass is 10.2. The summed E-state index contributed by atoms with van der Waals surface area (Å²) in [5.41, 5.74) is 5.50. The molecule has 0 rings (SSSR count). The van der Waals surface area contributed by atoms with E-state index in [1.807, 2.05) is 6.92 Å². The van der Waals surface area contributed by atoms with Gasteiger partial charge in [0, 0.05) is 29.7 Å². The standard InChI is InChI=1S/C10H23NO2S/c1-4-13-10(7-11)8-14(12)6-5-9(2)3/h9-10H,4-8,11H2,1-3H3. The van der Waals surface area contributed by atoms with Crippen molar-refractivity contribution in [1.29, 1.82) is 0 Å². The second kappa shape index (κ2) is 8.38. The van der Waals surface area contributed by atoms with Crippen LogP contribution in [-0.4, -0.2) is 35.0 Å². The Hall–Kier alpha value is 0.0700. The van der Waals surface area contributed by atoms with Gasteiger partial charge >= 0.3 is 0 Å². The molecule has 2 unspecified atom stereocenters. The van der Waals surface area contributed by atoms with E-state index in [0.717, 1.165) is 12.2 Å². The lowest BCUT2D eigenvalue weighted by molar-refractivity contribution is 0.0852. The van der Waals surface area contributed by atoms with Crippen LogP contribution in [0.5, 0.6) is 0 Å². The van der Waals surface area contributed by atoms with Crippen LogP contribution in [0, 0.1) is 5.92 Å². The number of rotatable bonds is 8. The number of ether oxygens (including phenoxy) is 1. The van der Waals surface area contributed by atoms with E-state index in [-0.39, 0.29) is 6.10 Å². The zero-order valence-corrected chi connectivity index (χ0v) is 10.3. The van der Waals surface area contributed by atoms with Crippen LogP contribution >= 0.6 is 0 Å². The van der Waals surface area contributed by atoms with E-state index in [9.17, 15) is 4.21 Å². The van der Waals surface area contributed by atoms with E-state index >= 15 is 0 Å². The van der Waals surface area contributed by atoms with Crippen LogP contribution in [-0.2, 0) is 15.5 Å². The van der Waals surface area contributed by atoms with Crippen LogP contribution in [0.25, 0.3) is 0 Å². The molecule has 2 N–H and O–H groups in total. The molecule has 0 radical (unpaired) electrons. The minimum absolute atomic E-state index is 0.0343. The molecule has 0 heterocycles. The van der Waals surface area contributed by atoms with Gasteiger partial charge in [-0.2, -0.15) is 0 Å². The molecule has 0 aromatic rings. The average Bonchev–Trinajstić information content (AvgIpc) is 2.14. The predicted molar refractivity (Wildman–Crippen MR) is 61.8 cm³/mol. The van der Waals surface area contributed by atoms with Crippen LogP contribution in [0.3, 0.4) is 0 Å². The van der Waals surface area contributed by atoms with Gasteiger partial charge in [0.2, 0.25) is 0 Å². The Bertz CT molecular complexity index is 162. The third-order valence-electron chi connectivity index (χ3n) is 1.96. The molecule has 86 valence electrons. The SMILES string of the molecule is CCOC(CN)CS(=O)CCC(C)C. The van der Waals surface area contributed by atoms with Crippen LogP contribution in [0.15, 0.2) is 0 Å². The van der Waals surface area contributed by atoms with Gasteiger partial charge in [-0.1, -0.05) is 13.8 Å². The minimum atomic E-state index is -0.777. The molecule has 3 nitrogen and oxygen atoms in total. The van der Waals surface area contributed by atoms with Gasteiger partial charge in [-0.15, -0.1) is 0 Å². The summed E-state index contributed by atoms with van der Waals surface area (Å²) in [7, 11) is -0.777. The van der Waals surface area contributed by atoms with E-state index in [2.05, 4.69) is 13.8 Å². The molecule has 0 saturated carbocycles. The van der Waals surface area contributed by atoms with Crippen molar-refractivity contribution in [2.75, 3.05) is 24.7 Å². The van der Waals surface area contributed by atoms with E-state index < -0.39 is 10.8 Å². The van der Waals surface area contributed by atoms with Crippen molar-refractivity contribution in [2.45, 2.75) is 33.3 Å². The van der Waals surface area contributed by atoms with E-state index in [4.69, 9.17) is 10.5 Å². The molecular formula is C10H23NO2S. The van der Waals surface area contributed by atoms with Gasteiger partial charge < -0.3 is 10.5 Å². The van der Waals surface area contributed by atoms with Crippen molar-refractivity contribution in [3.05, 3.63) is 0 Å². The Labute approximate surface area is 89.9 Å². The van der Waals surface area contributed by atoms with Gasteiger partial charge in [0.05, 0.1) is 11.9 Å². The molecule has 0 spiro atoms. The fourth-order valence-electron chi connectivity index (χ4n) is 1.08. The maximum Gasteiger partial charge on any atom is 0.0812 e. The first-order valence-electron chi connectivity index (χ1n) is 5.26. The molecule has 0 aromatic carbocycles. The highest BCUT2D eigenvalue weighted by Gasteiger charge is 2.11. The molecule has 14 heavy (non-hydrogen) atoms. The highest BCUT2D eigenvalue weighted by atomic mass is 32.2. The average molecular weight is 221 g/mol. The zero-order chi connectivity index (χ0) is 11.0. The summed E-state index contributed by atoms with van der Waals surface area (Å²) >= 11 is 0. The van der Waals surface area contributed by atoms with Gasteiger partial charge in [0.25, 0.3) is 0 Å². The van der Waals surface area contributed by atoms with Gasteiger partial charge in [-0.25, -0.2) is 0 Å². The van der Waals surface area contributed by atoms with Crippen LogP contribution in [0.1, 0.15) is 27.2 Å². The molecule has 4 heteroatoms. The molecule has 0 aliphatic carbocycles. The van der Waals surface area contributed by atoms with Crippen LogP contribution < -0.4 is 5.73 Å². The third kappa shape index (κ3) is 7.47. The number of hydrogen-bond donors (Lipinski definition) is 1. The quantitative estimate of drug-likeness (QED) is 0.669. The first kappa shape index (κ1) is 14.1. The fraction of sp³-hybridized carbons (Fsp3) is 1.00. The Morgan fingerprint density at radius 1 is 1.43 bits per heavy atom. The smallest absolute Gasteiger partial charge is 0.0812 e. The molecule has 0 bridgehead atoms. The molecule has 2 atom stereocenters. The lowest BCUT2D eigenvalue weighted by Crippen LogP contribution is -2.30. The maximum absolute atomic E-state index is 11.6. The highest BCUT2D eigenvalue weighted by Crippen LogP contribution is 2.02. The third-order valence-corrected chi connectivity index (χ3v) is 3.39. The molecule has 0 aromatic heterocycles. The Balaban J connectivity index is 3.67. The van der Waals surface area contributed by atoms with E-state index in [0.29, 0.717) is 24.8 Å². The highest BCUT2D eigenvalue weighted by molar-refractivity contribution is 7.85. The van der Waals surface area contributed by atoms with Crippen molar-refractivity contribution >= 4 is 10.8 Å². The summed E-state index contributed by atoms with van der Waals surface area (Å²) in [6, 6.07) is 0. The number of nitrogens with two attached hydrogens (primary N) is 1. The van der Waals surface area contributed by atoms with Gasteiger partial charge in [-0.05, 0) is 19.3 Å². The fourth-order valence-corrected chi connectivity index (χ4v) is 2.63. The Kier molecular flexibility index (Phi) is 8.43. The minimum Gasteiger partial charge on any atom is -0.376 e. The molecule has 0 fully saturated rings. The second-order valence-electron chi connectivity index (χ2n) is 3.81. The van der Waals surface area contributed by atoms with Gasteiger partial charge in [0.15, 0.2) is 0 Å². The van der Waals surface area contributed by atoms with Crippen molar-refractivity contribution in [3.63, 3.8) is 0 Å². The number of hydrogen-bond acceptors (Lipinski definition) is 3. The van der Waals surface area contributed by atoms with Gasteiger partial charge in [0.1, 0.15) is 0 Å². The molecule has 0 aliphatic rings.